The molecule has 0 saturated heterocycles. The van der Waals surface area contributed by atoms with E-state index in [1.54, 1.807) is 19.2 Å². The lowest BCUT2D eigenvalue weighted by molar-refractivity contribution is 0.0844. The molecule has 1 aromatic rings. The molecule has 0 atom stereocenters. The Kier molecular flexibility index (Phi) is 4.17. The Morgan fingerprint density at radius 1 is 1.47 bits per heavy atom. The van der Waals surface area contributed by atoms with Crippen molar-refractivity contribution in [3.05, 3.63) is 28.3 Å². The van der Waals surface area contributed by atoms with E-state index in [1.807, 2.05) is 20.8 Å². The molecule has 0 aliphatic carbocycles. The second kappa shape index (κ2) is 5.07. The van der Waals surface area contributed by atoms with Gasteiger partial charge in [0.05, 0.1) is 12.7 Å². The minimum atomic E-state index is -0.621. The first-order chi connectivity index (χ1) is 7.83. The molecule has 4 heteroatoms. The van der Waals surface area contributed by atoms with Gasteiger partial charge >= 0.3 is 0 Å². The van der Waals surface area contributed by atoms with Crippen LogP contribution >= 0.6 is 11.6 Å². The van der Waals surface area contributed by atoms with E-state index < -0.39 is 5.41 Å². The molecule has 0 fully saturated rings. The van der Waals surface area contributed by atoms with Crippen LogP contribution < -0.4 is 10.5 Å². The number of hydrogen-bond donors (Lipinski definition) is 1. The van der Waals surface area contributed by atoms with Gasteiger partial charge in [0, 0.05) is 17.0 Å². The highest BCUT2D eigenvalue weighted by atomic mass is 35.5. The van der Waals surface area contributed by atoms with Crippen LogP contribution in [0.5, 0.6) is 5.75 Å². The number of nitrogens with two attached hydrogens (primary N) is 1. The summed E-state index contributed by atoms with van der Waals surface area (Å²) in [6, 6.07) is 3.40. The standard InChI is InChI=1S/C13H18ClNO2/c1-8-5-9(14)6-10(11(8)17-4)12(16)13(2,3)7-15/h5-6H,7,15H2,1-4H3. The zero-order chi connectivity index (χ0) is 13.2. The summed E-state index contributed by atoms with van der Waals surface area (Å²) in [6.45, 7) is 5.76. The van der Waals surface area contributed by atoms with Crippen molar-refractivity contribution in [2.24, 2.45) is 11.1 Å². The zero-order valence-electron chi connectivity index (χ0n) is 10.6. The number of methoxy groups -OCH3 is 1. The quantitative estimate of drug-likeness (QED) is 0.842. The van der Waals surface area contributed by atoms with E-state index in [2.05, 4.69) is 0 Å². The first kappa shape index (κ1) is 14.0. The van der Waals surface area contributed by atoms with Crippen LogP contribution in [0.1, 0.15) is 29.8 Å². The lowest BCUT2D eigenvalue weighted by atomic mass is 9.83. The van der Waals surface area contributed by atoms with Crippen LogP contribution in [-0.2, 0) is 0 Å². The molecule has 1 aromatic carbocycles. The Bertz CT molecular complexity index is 441. The second-order valence-electron chi connectivity index (χ2n) is 4.72. The molecule has 0 bridgehead atoms. The summed E-state index contributed by atoms with van der Waals surface area (Å²) >= 11 is 5.98. The number of benzene rings is 1. The number of halogens is 1. The van der Waals surface area contributed by atoms with Crippen LogP contribution in [0.3, 0.4) is 0 Å². The molecule has 0 spiro atoms. The largest absolute Gasteiger partial charge is 0.496 e. The van der Waals surface area contributed by atoms with Crippen LogP contribution in [0.25, 0.3) is 0 Å². The van der Waals surface area contributed by atoms with E-state index in [0.29, 0.717) is 16.3 Å². The molecule has 0 radical (unpaired) electrons. The van der Waals surface area contributed by atoms with Gasteiger partial charge < -0.3 is 10.5 Å². The van der Waals surface area contributed by atoms with Crippen molar-refractivity contribution in [2.45, 2.75) is 20.8 Å². The van der Waals surface area contributed by atoms with Crippen molar-refractivity contribution < 1.29 is 9.53 Å². The highest BCUT2D eigenvalue weighted by molar-refractivity contribution is 6.31. The Labute approximate surface area is 107 Å². The van der Waals surface area contributed by atoms with E-state index in [4.69, 9.17) is 22.1 Å². The van der Waals surface area contributed by atoms with Gasteiger partial charge in [0.25, 0.3) is 0 Å². The first-order valence-corrected chi connectivity index (χ1v) is 5.80. The summed E-state index contributed by atoms with van der Waals surface area (Å²) in [5.74, 6) is 0.517. The smallest absolute Gasteiger partial charge is 0.173 e. The maximum Gasteiger partial charge on any atom is 0.173 e. The lowest BCUT2D eigenvalue weighted by Crippen LogP contribution is -2.33. The molecule has 3 nitrogen and oxygen atoms in total. The molecule has 0 aromatic heterocycles. The molecular formula is C13H18ClNO2. The number of carbonyl (C=O) groups excluding carboxylic acids is 1. The van der Waals surface area contributed by atoms with Crippen molar-refractivity contribution in [1.29, 1.82) is 0 Å². The molecule has 0 heterocycles. The third-order valence-electron chi connectivity index (χ3n) is 2.81. The number of ether oxygens (including phenoxy) is 1. The van der Waals surface area contributed by atoms with Gasteiger partial charge in [0.15, 0.2) is 5.78 Å². The maximum absolute atomic E-state index is 12.4. The van der Waals surface area contributed by atoms with Gasteiger partial charge in [0.2, 0.25) is 0 Å². The minimum absolute atomic E-state index is 0.0533. The van der Waals surface area contributed by atoms with Crippen LogP contribution in [0.2, 0.25) is 5.02 Å². The summed E-state index contributed by atoms with van der Waals surface area (Å²) in [5.41, 5.74) is 6.33. The van der Waals surface area contributed by atoms with Gasteiger partial charge in [-0.05, 0) is 24.6 Å². The number of hydrogen-bond acceptors (Lipinski definition) is 3. The highest BCUT2D eigenvalue weighted by Gasteiger charge is 2.30. The van der Waals surface area contributed by atoms with E-state index in [1.165, 1.54) is 0 Å². The Hall–Kier alpha value is -1.06. The fraction of sp³-hybridized carbons (Fsp3) is 0.462. The SMILES string of the molecule is COc1c(C)cc(Cl)cc1C(=O)C(C)(C)CN. The molecule has 0 unspecified atom stereocenters. The minimum Gasteiger partial charge on any atom is -0.496 e. The second-order valence-corrected chi connectivity index (χ2v) is 5.16. The summed E-state index contributed by atoms with van der Waals surface area (Å²) in [7, 11) is 1.54. The molecule has 0 amide bonds. The van der Waals surface area contributed by atoms with Crippen molar-refractivity contribution in [3.63, 3.8) is 0 Å². The Morgan fingerprint density at radius 3 is 2.53 bits per heavy atom. The molecule has 94 valence electrons. The van der Waals surface area contributed by atoms with Gasteiger partial charge in [-0.2, -0.15) is 0 Å². The molecule has 1 rings (SSSR count). The topological polar surface area (TPSA) is 52.3 Å². The first-order valence-electron chi connectivity index (χ1n) is 5.42. The third kappa shape index (κ3) is 2.79. The number of ketones is 1. The van der Waals surface area contributed by atoms with Crippen molar-refractivity contribution in [1.82, 2.24) is 0 Å². The van der Waals surface area contributed by atoms with Crippen molar-refractivity contribution >= 4 is 17.4 Å². The number of rotatable bonds is 4. The number of carbonyl (C=O) groups is 1. The summed E-state index contributed by atoms with van der Waals surface area (Å²) < 4.78 is 5.27. The average Bonchev–Trinajstić information content (AvgIpc) is 2.27. The van der Waals surface area contributed by atoms with E-state index >= 15 is 0 Å². The summed E-state index contributed by atoms with van der Waals surface area (Å²) in [4.78, 5) is 12.4. The van der Waals surface area contributed by atoms with Gasteiger partial charge in [-0.25, -0.2) is 0 Å². The average molecular weight is 256 g/mol. The van der Waals surface area contributed by atoms with Crippen LogP contribution in [0.15, 0.2) is 12.1 Å². The molecular weight excluding hydrogens is 238 g/mol. The van der Waals surface area contributed by atoms with Gasteiger partial charge in [-0.1, -0.05) is 25.4 Å². The van der Waals surface area contributed by atoms with Gasteiger partial charge in [0.1, 0.15) is 5.75 Å². The van der Waals surface area contributed by atoms with E-state index in [-0.39, 0.29) is 12.3 Å². The zero-order valence-corrected chi connectivity index (χ0v) is 11.4. The monoisotopic (exact) mass is 255 g/mol. The van der Waals surface area contributed by atoms with Gasteiger partial charge in [-0.15, -0.1) is 0 Å². The van der Waals surface area contributed by atoms with E-state index in [0.717, 1.165) is 5.56 Å². The maximum atomic E-state index is 12.4. The molecule has 2 N–H and O–H groups in total. The Morgan fingerprint density at radius 2 is 2.06 bits per heavy atom. The molecule has 0 saturated carbocycles. The lowest BCUT2D eigenvalue weighted by Gasteiger charge is -2.22. The highest BCUT2D eigenvalue weighted by Crippen LogP contribution is 2.32. The van der Waals surface area contributed by atoms with Crippen molar-refractivity contribution in [3.8, 4) is 5.75 Å². The van der Waals surface area contributed by atoms with Gasteiger partial charge in [-0.3, -0.25) is 4.79 Å². The molecule has 0 aliphatic rings. The number of Topliss-reactive ketones (excluding diaryl/α,β-unsaturated/α-hetero) is 1. The van der Waals surface area contributed by atoms with Crippen LogP contribution in [0.4, 0.5) is 0 Å². The summed E-state index contributed by atoms with van der Waals surface area (Å²) in [5, 5.41) is 0.527. The predicted octanol–water partition coefficient (Wildman–Crippen LogP) is 2.82. The fourth-order valence-electron chi connectivity index (χ4n) is 1.63. The molecule has 17 heavy (non-hydrogen) atoms. The predicted molar refractivity (Wildman–Crippen MR) is 69.9 cm³/mol. The fourth-order valence-corrected chi connectivity index (χ4v) is 1.90. The summed E-state index contributed by atoms with van der Waals surface area (Å²) in [6.07, 6.45) is 0. The molecule has 0 aliphatic heterocycles. The third-order valence-corrected chi connectivity index (χ3v) is 3.03. The van der Waals surface area contributed by atoms with E-state index in [9.17, 15) is 4.79 Å². The van der Waals surface area contributed by atoms with Crippen LogP contribution in [-0.4, -0.2) is 19.4 Å². The van der Waals surface area contributed by atoms with Crippen LogP contribution in [0, 0.1) is 12.3 Å². The number of aryl methyl sites for hydroxylation is 1. The van der Waals surface area contributed by atoms with Crippen molar-refractivity contribution in [2.75, 3.05) is 13.7 Å². The normalized spacial score (nSPS) is 11.4. The Balaban J connectivity index is 3.35.